The molecule has 1 aromatic heterocycles. The fourth-order valence-corrected chi connectivity index (χ4v) is 2.24. The molecule has 4 nitrogen and oxygen atoms in total. The molecule has 0 aliphatic carbocycles. The van der Waals surface area contributed by atoms with E-state index >= 15 is 0 Å². The summed E-state index contributed by atoms with van der Waals surface area (Å²) in [5.74, 6) is 0. The van der Waals surface area contributed by atoms with E-state index < -0.39 is 5.60 Å². The quantitative estimate of drug-likeness (QED) is 0.789. The van der Waals surface area contributed by atoms with Crippen molar-refractivity contribution in [2.24, 2.45) is 0 Å². The summed E-state index contributed by atoms with van der Waals surface area (Å²) in [4.78, 5) is 6.62. The zero-order chi connectivity index (χ0) is 12.3. The number of nitrogens with one attached hydrogen (secondary N) is 1. The number of aromatic nitrogens is 1. The number of pyridine rings is 1. The van der Waals surface area contributed by atoms with E-state index in [0.29, 0.717) is 19.1 Å². The molecule has 2 heterocycles. The van der Waals surface area contributed by atoms with E-state index in [1.54, 1.807) is 0 Å². The van der Waals surface area contributed by atoms with Gasteiger partial charge in [-0.25, -0.2) is 0 Å². The Morgan fingerprint density at radius 3 is 3.12 bits per heavy atom. The van der Waals surface area contributed by atoms with Gasteiger partial charge in [-0.2, -0.15) is 0 Å². The second-order valence-corrected chi connectivity index (χ2v) is 5.20. The van der Waals surface area contributed by atoms with Crippen molar-refractivity contribution in [2.45, 2.75) is 32.0 Å². The molecule has 2 unspecified atom stereocenters. The number of aliphatic hydroxyl groups is 1. The van der Waals surface area contributed by atoms with Crippen molar-refractivity contribution < 1.29 is 5.11 Å². The van der Waals surface area contributed by atoms with Gasteiger partial charge in [-0.3, -0.25) is 9.88 Å². The van der Waals surface area contributed by atoms with Gasteiger partial charge in [-0.15, -0.1) is 0 Å². The Hall–Kier alpha value is -0.970. The zero-order valence-corrected chi connectivity index (χ0v) is 10.6. The SMILES string of the molecule is CC1CNCC(C)(O)CN1Cc1ccccn1. The minimum absolute atomic E-state index is 0.408. The van der Waals surface area contributed by atoms with Crippen LogP contribution in [0, 0.1) is 0 Å². The minimum Gasteiger partial charge on any atom is -0.388 e. The highest BCUT2D eigenvalue weighted by atomic mass is 16.3. The van der Waals surface area contributed by atoms with Crippen LogP contribution in [0.1, 0.15) is 19.5 Å². The summed E-state index contributed by atoms with van der Waals surface area (Å²) in [6, 6.07) is 6.36. The fourth-order valence-electron chi connectivity index (χ4n) is 2.24. The summed E-state index contributed by atoms with van der Waals surface area (Å²) in [6.07, 6.45) is 1.81. The van der Waals surface area contributed by atoms with Crippen LogP contribution in [0.4, 0.5) is 0 Å². The van der Waals surface area contributed by atoms with E-state index in [1.165, 1.54) is 0 Å². The Kier molecular flexibility index (Phi) is 3.76. The number of β-amino-alcohol motifs (C(OH)–C–C–N with tert-alkyl or cyclic N) is 1. The van der Waals surface area contributed by atoms with E-state index in [9.17, 15) is 5.11 Å². The third kappa shape index (κ3) is 3.49. The van der Waals surface area contributed by atoms with Crippen molar-refractivity contribution in [1.29, 1.82) is 0 Å². The minimum atomic E-state index is -0.667. The molecule has 0 aromatic carbocycles. The standard InChI is InChI=1S/C13H21N3O/c1-11-7-14-9-13(2,17)10-16(11)8-12-5-3-4-6-15-12/h3-6,11,14,17H,7-10H2,1-2H3. The van der Waals surface area contributed by atoms with Gasteiger partial charge in [0.05, 0.1) is 11.3 Å². The molecule has 2 atom stereocenters. The number of rotatable bonds is 2. The molecular formula is C13H21N3O. The van der Waals surface area contributed by atoms with E-state index in [0.717, 1.165) is 18.8 Å². The van der Waals surface area contributed by atoms with Crippen molar-refractivity contribution in [3.63, 3.8) is 0 Å². The molecule has 1 aliphatic rings. The van der Waals surface area contributed by atoms with Gasteiger partial charge in [0.2, 0.25) is 0 Å². The molecule has 0 radical (unpaired) electrons. The molecule has 94 valence electrons. The lowest BCUT2D eigenvalue weighted by Gasteiger charge is -2.31. The lowest BCUT2D eigenvalue weighted by Crippen LogP contribution is -2.44. The van der Waals surface area contributed by atoms with Gasteiger partial charge >= 0.3 is 0 Å². The van der Waals surface area contributed by atoms with Gasteiger partial charge in [0, 0.05) is 38.4 Å². The highest BCUT2D eigenvalue weighted by Gasteiger charge is 2.29. The number of hydrogen-bond donors (Lipinski definition) is 2. The van der Waals surface area contributed by atoms with Gasteiger partial charge < -0.3 is 10.4 Å². The molecule has 2 N–H and O–H groups in total. The topological polar surface area (TPSA) is 48.4 Å². The Bertz CT molecular complexity index is 353. The van der Waals surface area contributed by atoms with Crippen LogP contribution in [0.3, 0.4) is 0 Å². The van der Waals surface area contributed by atoms with Crippen LogP contribution in [0.5, 0.6) is 0 Å². The normalized spacial score (nSPS) is 31.1. The average Bonchev–Trinajstić information content (AvgIpc) is 2.40. The van der Waals surface area contributed by atoms with Gasteiger partial charge in [-0.1, -0.05) is 6.07 Å². The van der Waals surface area contributed by atoms with Crippen LogP contribution in [0.25, 0.3) is 0 Å². The first kappa shape index (κ1) is 12.5. The lowest BCUT2D eigenvalue weighted by molar-refractivity contribution is 0.0234. The van der Waals surface area contributed by atoms with Crippen molar-refractivity contribution in [1.82, 2.24) is 15.2 Å². The van der Waals surface area contributed by atoms with Crippen LogP contribution in [-0.4, -0.2) is 46.3 Å². The Labute approximate surface area is 103 Å². The Balaban J connectivity index is 2.07. The number of hydrogen-bond acceptors (Lipinski definition) is 4. The predicted octanol–water partition coefficient (Wildman–Crippen LogP) is 0.626. The fraction of sp³-hybridized carbons (Fsp3) is 0.615. The first-order valence-corrected chi connectivity index (χ1v) is 6.14. The molecule has 1 saturated heterocycles. The monoisotopic (exact) mass is 235 g/mol. The average molecular weight is 235 g/mol. The van der Waals surface area contributed by atoms with Crippen molar-refractivity contribution in [3.05, 3.63) is 30.1 Å². The summed E-state index contributed by atoms with van der Waals surface area (Å²) < 4.78 is 0. The third-order valence-electron chi connectivity index (χ3n) is 3.20. The van der Waals surface area contributed by atoms with Gasteiger partial charge in [0.25, 0.3) is 0 Å². The van der Waals surface area contributed by atoms with Crippen LogP contribution in [-0.2, 0) is 6.54 Å². The van der Waals surface area contributed by atoms with Crippen LogP contribution in [0.15, 0.2) is 24.4 Å². The third-order valence-corrected chi connectivity index (χ3v) is 3.20. The van der Waals surface area contributed by atoms with Gasteiger partial charge in [0.15, 0.2) is 0 Å². The first-order valence-electron chi connectivity index (χ1n) is 6.14. The predicted molar refractivity (Wildman–Crippen MR) is 67.6 cm³/mol. The van der Waals surface area contributed by atoms with Gasteiger partial charge in [0.1, 0.15) is 0 Å². The molecule has 0 spiro atoms. The second kappa shape index (κ2) is 5.12. The molecule has 1 aromatic rings. The Morgan fingerprint density at radius 1 is 1.59 bits per heavy atom. The van der Waals surface area contributed by atoms with Crippen molar-refractivity contribution in [2.75, 3.05) is 19.6 Å². The molecule has 1 aliphatic heterocycles. The van der Waals surface area contributed by atoms with Crippen molar-refractivity contribution in [3.8, 4) is 0 Å². The van der Waals surface area contributed by atoms with E-state index in [1.807, 2.05) is 31.3 Å². The maximum atomic E-state index is 10.2. The zero-order valence-electron chi connectivity index (χ0n) is 10.6. The largest absolute Gasteiger partial charge is 0.388 e. The van der Waals surface area contributed by atoms with Crippen LogP contribution < -0.4 is 5.32 Å². The molecule has 1 fully saturated rings. The highest BCUT2D eigenvalue weighted by Crippen LogP contribution is 2.14. The van der Waals surface area contributed by atoms with E-state index in [4.69, 9.17) is 0 Å². The molecule has 2 rings (SSSR count). The Morgan fingerprint density at radius 2 is 2.41 bits per heavy atom. The first-order chi connectivity index (χ1) is 8.07. The highest BCUT2D eigenvalue weighted by molar-refractivity contribution is 5.04. The maximum Gasteiger partial charge on any atom is 0.0869 e. The van der Waals surface area contributed by atoms with Gasteiger partial charge in [-0.05, 0) is 26.0 Å². The molecule has 0 saturated carbocycles. The molecule has 0 amide bonds. The maximum absolute atomic E-state index is 10.2. The molecular weight excluding hydrogens is 214 g/mol. The van der Waals surface area contributed by atoms with Crippen LogP contribution >= 0.6 is 0 Å². The summed E-state index contributed by atoms with van der Waals surface area (Å²) in [5.41, 5.74) is 0.386. The summed E-state index contributed by atoms with van der Waals surface area (Å²) in [5, 5.41) is 13.5. The molecule has 4 heteroatoms. The summed E-state index contributed by atoms with van der Waals surface area (Å²) in [6.45, 7) is 7.08. The van der Waals surface area contributed by atoms with Crippen molar-refractivity contribution >= 4 is 0 Å². The van der Waals surface area contributed by atoms with E-state index in [-0.39, 0.29) is 0 Å². The lowest BCUT2D eigenvalue weighted by atomic mass is 10.1. The van der Waals surface area contributed by atoms with Crippen LogP contribution in [0.2, 0.25) is 0 Å². The summed E-state index contributed by atoms with van der Waals surface area (Å²) in [7, 11) is 0. The second-order valence-electron chi connectivity index (χ2n) is 5.20. The number of nitrogens with zero attached hydrogens (tertiary/aromatic N) is 2. The smallest absolute Gasteiger partial charge is 0.0869 e. The molecule has 0 bridgehead atoms. The summed E-state index contributed by atoms with van der Waals surface area (Å²) >= 11 is 0. The van der Waals surface area contributed by atoms with E-state index in [2.05, 4.69) is 22.1 Å². The molecule has 17 heavy (non-hydrogen) atoms.